The molecule has 0 aliphatic heterocycles. The number of nitrogens with zero attached hydrogens (tertiary/aromatic N) is 2. The molecule has 0 radical (unpaired) electrons. The zero-order chi connectivity index (χ0) is 25.7. The van der Waals surface area contributed by atoms with Crippen molar-refractivity contribution in [2.45, 2.75) is 18.9 Å². The fourth-order valence-electron chi connectivity index (χ4n) is 4.94. The summed E-state index contributed by atoms with van der Waals surface area (Å²) in [6.07, 6.45) is 5.81. The number of nitrogens with one attached hydrogen (secondary N) is 1. The Hall–Kier alpha value is -4.55. The lowest BCUT2D eigenvalue weighted by atomic mass is 10.1. The normalized spacial score (nSPS) is 14.3. The summed E-state index contributed by atoms with van der Waals surface area (Å²) in [6, 6.07) is 33.7. The number of benzene rings is 4. The van der Waals surface area contributed by atoms with E-state index in [-0.39, 0.29) is 5.69 Å². The third kappa shape index (κ3) is 5.12. The van der Waals surface area contributed by atoms with Crippen LogP contribution < -0.4 is 20.5 Å². The standard InChI is InChI=1S/C32H29N3O3/c36-32-34(21-22-35(32)26-13-17-29(18-14-26)38-28-7-2-1-3-8-28)25-11-15-27(16-12-25)37-23-20-33-31-19-10-24-6-4-5-9-30(24)31/h1-9,11-18,21-22,31,33H,10,19-20,23H2. The highest BCUT2D eigenvalue weighted by molar-refractivity contribution is 5.42. The topological polar surface area (TPSA) is 57.4 Å². The number of para-hydroxylation sites is 1. The van der Waals surface area contributed by atoms with Gasteiger partial charge in [-0.1, -0.05) is 42.5 Å². The quantitative estimate of drug-likeness (QED) is 0.248. The molecule has 1 N–H and O–H groups in total. The van der Waals surface area contributed by atoms with Crippen molar-refractivity contribution in [2.75, 3.05) is 13.2 Å². The van der Waals surface area contributed by atoms with Gasteiger partial charge in [0.25, 0.3) is 0 Å². The lowest BCUT2D eigenvalue weighted by Gasteiger charge is -2.14. The summed E-state index contributed by atoms with van der Waals surface area (Å²) in [5.74, 6) is 2.27. The molecule has 0 bridgehead atoms. The number of aryl methyl sites for hydroxylation is 1. The van der Waals surface area contributed by atoms with Crippen molar-refractivity contribution in [3.05, 3.63) is 137 Å². The molecule has 6 heteroatoms. The van der Waals surface area contributed by atoms with Gasteiger partial charge in [-0.3, -0.25) is 9.13 Å². The van der Waals surface area contributed by atoms with Gasteiger partial charge in [0.1, 0.15) is 23.9 Å². The molecule has 0 spiro atoms. The molecule has 0 fully saturated rings. The first-order chi connectivity index (χ1) is 18.7. The van der Waals surface area contributed by atoms with E-state index in [1.54, 1.807) is 21.5 Å². The third-order valence-electron chi connectivity index (χ3n) is 6.88. The summed E-state index contributed by atoms with van der Waals surface area (Å²) in [5, 5.41) is 3.61. The Morgan fingerprint density at radius 2 is 1.32 bits per heavy atom. The number of hydrogen-bond donors (Lipinski definition) is 1. The van der Waals surface area contributed by atoms with Crippen molar-refractivity contribution >= 4 is 0 Å². The summed E-state index contributed by atoms with van der Waals surface area (Å²) in [7, 11) is 0. The minimum Gasteiger partial charge on any atom is -0.492 e. The van der Waals surface area contributed by atoms with E-state index in [0.717, 1.165) is 42.3 Å². The molecule has 1 aliphatic carbocycles. The van der Waals surface area contributed by atoms with Crippen LogP contribution in [0.2, 0.25) is 0 Å². The SMILES string of the molecule is O=c1n(-c2ccc(OCCNC3CCc4ccccc43)cc2)ccn1-c1ccc(Oc2ccccc2)cc1. The first kappa shape index (κ1) is 23.8. The summed E-state index contributed by atoms with van der Waals surface area (Å²) in [6.45, 7) is 1.36. The average Bonchev–Trinajstić information content (AvgIpc) is 3.56. The van der Waals surface area contributed by atoms with Gasteiger partial charge >= 0.3 is 5.69 Å². The van der Waals surface area contributed by atoms with Crippen molar-refractivity contribution in [3.8, 4) is 28.6 Å². The first-order valence-corrected chi connectivity index (χ1v) is 12.9. The second-order valence-electron chi connectivity index (χ2n) is 9.32. The minimum atomic E-state index is -0.142. The molecule has 1 aliphatic rings. The van der Waals surface area contributed by atoms with E-state index in [1.807, 2.05) is 78.9 Å². The van der Waals surface area contributed by atoms with Gasteiger partial charge in [-0.2, -0.15) is 0 Å². The van der Waals surface area contributed by atoms with Crippen molar-refractivity contribution < 1.29 is 9.47 Å². The summed E-state index contributed by atoms with van der Waals surface area (Å²) in [4.78, 5) is 13.1. The maximum absolute atomic E-state index is 13.1. The fourth-order valence-corrected chi connectivity index (χ4v) is 4.94. The molecule has 1 unspecified atom stereocenters. The predicted molar refractivity (Wildman–Crippen MR) is 149 cm³/mol. The van der Waals surface area contributed by atoms with Gasteiger partial charge in [-0.15, -0.1) is 0 Å². The van der Waals surface area contributed by atoms with Crippen LogP contribution in [0, 0.1) is 0 Å². The molecule has 6 nitrogen and oxygen atoms in total. The number of hydrogen-bond acceptors (Lipinski definition) is 4. The maximum Gasteiger partial charge on any atom is 0.337 e. The van der Waals surface area contributed by atoms with Gasteiger partial charge in [-0.05, 0) is 84.6 Å². The zero-order valence-corrected chi connectivity index (χ0v) is 21.0. The van der Waals surface area contributed by atoms with Crippen LogP contribution in [-0.4, -0.2) is 22.3 Å². The molecule has 0 saturated carbocycles. The Kier molecular flexibility index (Phi) is 6.79. The van der Waals surface area contributed by atoms with Gasteiger partial charge < -0.3 is 14.8 Å². The maximum atomic E-state index is 13.1. The molecule has 6 rings (SSSR count). The summed E-state index contributed by atoms with van der Waals surface area (Å²) >= 11 is 0. The number of rotatable bonds is 9. The smallest absolute Gasteiger partial charge is 0.337 e. The first-order valence-electron chi connectivity index (χ1n) is 12.9. The predicted octanol–water partition coefficient (Wildman–Crippen LogP) is 6.08. The summed E-state index contributed by atoms with van der Waals surface area (Å²) in [5.41, 5.74) is 4.26. The zero-order valence-electron chi connectivity index (χ0n) is 21.0. The highest BCUT2D eigenvalue weighted by Gasteiger charge is 2.20. The van der Waals surface area contributed by atoms with E-state index in [9.17, 15) is 4.79 Å². The molecule has 5 aromatic rings. The van der Waals surface area contributed by atoms with Gasteiger partial charge in [0.15, 0.2) is 0 Å². The van der Waals surface area contributed by atoms with Crippen molar-refractivity contribution in [1.82, 2.24) is 14.5 Å². The molecule has 0 amide bonds. The van der Waals surface area contributed by atoms with E-state index in [1.165, 1.54) is 11.1 Å². The molecule has 190 valence electrons. The van der Waals surface area contributed by atoms with Crippen LogP contribution in [-0.2, 0) is 6.42 Å². The number of ether oxygens (including phenoxy) is 2. The second kappa shape index (κ2) is 10.8. The Labute approximate surface area is 221 Å². The van der Waals surface area contributed by atoms with Crippen LogP contribution in [0.4, 0.5) is 0 Å². The van der Waals surface area contributed by atoms with Crippen LogP contribution >= 0.6 is 0 Å². The van der Waals surface area contributed by atoms with Crippen LogP contribution in [0.15, 0.2) is 120 Å². The lowest BCUT2D eigenvalue weighted by molar-refractivity contribution is 0.305. The molecule has 1 heterocycles. The highest BCUT2D eigenvalue weighted by Crippen LogP contribution is 2.30. The fraction of sp³-hybridized carbons (Fsp3) is 0.156. The van der Waals surface area contributed by atoms with Crippen LogP contribution in [0.5, 0.6) is 17.2 Å². The Bertz CT molecular complexity index is 1550. The molecule has 38 heavy (non-hydrogen) atoms. The molecular weight excluding hydrogens is 474 g/mol. The minimum absolute atomic E-state index is 0.142. The number of imidazole rings is 1. The average molecular weight is 504 g/mol. The lowest BCUT2D eigenvalue weighted by Crippen LogP contribution is -2.24. The van der Waals surface area contributed by atoms with E-state index < -0.39 is 0 Å². The monoisotopic (exact) mass is 503 g/mol. The molecule has 1 aromatic heterocycles. The van der Waals surface area contributed by atoms with Gasteiger partial charge in [-0.25, -0.2) is 4.79 Å². The molecule has 4 aromatic carbocycles. The van der Waals surface area contributed by atoms with E-state index in [4.69, 9.17) is 9.47 Å². The Balaban J connectivity index is 1.05. The second-order valence-corrected chi connectivity index (χ2v) is 9.32. The van der Waals surface area contributed by atoms with Gasteiger partial charge in [0, 0.05) is 25.0 Å². The van der Waals surface area contributed by atoms with Crippen molar-refractivity contribution in [3.63, 3.8) is 0 Å². The van der Waals surface area contributed by atoms with E-state index in [2.05, 4.69) is 29.6 Å². The number of fused-ring (bicyclic) bond motifs is 1. The van der Waals surface area contributed by atoms with Crippen molar-refractivity contribution in [2.24, 2.45) is 0 Å². The highest BCUT2D eigenvalue weighted by atomic mass is 16.5. The van der Waals surface area contributed by atoms with Gasteiger partial charge in [0.2, 0.25) is 0 Å². The Morgan fingerprint density at radius 1 is 0.711 bits per heavy atom. The molecular formula is C32H29N3O3. The van der Waals surface area contributed by atoms with Gasteiger partial charge in [0.05, 0.1) is 11.4 Å². The Morgan fingerprint density at radius 3 is 2.03 bits per heavy atom. The van der Waals surface area contributed by atoms with Crippen LogP contribution in [0.3, 0.4) is 0 Å². The van der Waals surface area contributed by atoms with E-state index in [0.29, 0.717) is 18.4 Å². The summed E-state index contributed by atoms with van der Waals surface area (Å²) < 4.78 is 15.0. The van der Waals surface area contributed by atoms with Crippen molar-refractivity contribution in [1.29, 1.82) is 0 Å². The van der Waals surface area contributed by atoms with E-state index >= 15 is 0 Å². The van der Waals surface area contributed by atoms with Crippen LogP contribution in [0.25, 0.3) is 11.4 Å². The molecule has 1 atom stereocenters. The van der Waals surface area contributed by atoms with Crippen LogP contribution in [0.1, 0.15) is 23.6 Å². The number of aromatic nitrogens is 2. The molecule has 0 saturated heterocycles. The third-order valence-corrected chi connectivity index (χ3v) is 6.88. The largest absolute Gasteiger partial charge is 0.492 e.